The lowest BCUT2D eigenvalue weighted by Crippen LogP contribution is -2.35. The van der Waals surface area contributed by atoms with E-state index >= 15 is 0 Å². The number of nitrogens with one attached hydrogen (secondary N) is 1. The molecule has 21 heavy (non-hydrogen) atoms. The molecule has 2 atom stereocenters. The lowest BCUT2D eigenvalue weighted by atomic mass is 9.65. The molecular formula is C18H21N3. The van der Waals surface area contributed by atoms with Crippen molar-refractivity contribution >= 4 is 0 Å². The van der Waals surface area contributed by atoms with Crippen LogP contribution in [0.4, 0.5) is 0 Å². The Morgan fingerprint density at radius 1 is 1.00 bits per heavy atom. The summed E-state index contributed by atoms with van der Waals surface area (Å²) in [4.78, 5) is 0. The minimum Gasteiger partial charge on any atom is -0.307 e. The molecule has 0 spiro atoms. The van der Waals surface area contributed by atoms with E-state index in [1.54, 1.807) is 0 Å². The van der Waals surface area contributed by atoms with Crippen molar-refractivity contribution in [2.24, 2.45) is 17.3 Å². The van der Waals surface area contributed by atoms with Gasteiger partial charge in [0.1, 0.15) is 0 Å². The van der Waals surface area contributed by atoms with Gasteiger partial charge in [0, 0.05) is 12.5 Å². The lowest BCUT2D eigenvalue weighted by molar-refractivity contribution is 0.194. The van der Waals surface area contributed by atoms with Crippen molar-refractivity contribution in [3.63, 3.8) is 0 Å². The summed E-state index contributed by atoms with van der Waals surface area (Å²) in [6.07, 6.45) is 6.11. The fourth-order valence-corrected chi connectivity index (χ4v) is 4.20. The van der Waals surface area contributed by atoms with Crippen molar-refractivity contribution in [1.82, 2.24) is 5.32 Å². The number of hydrogen-bond acceptors (Lipinski definition) is 3. The molecule has 1 N–H and O–H groups in total. The van der Waals surface area contributed by atoms with Crippen LogP contribution in [0.5, 0.6) is 0 Å². The Morgan fingerprint density at radius 2 is 1.67 bits per heavy atom. The van der Waals surface area contributed by atoms with E-state index in [1.165, 1.54) is 32.1 Å². The summed E-state index contributed by atoms with van der Waals surface area (Å²) in [5.74, 6) is 0.664. The Hall–Kier alpha value is -1.84. The molecule has 1 saturated heterocycles. The SMILES string of the molecule is N#CC1(C#N)C(c2ccccc2)NCC1C1CCCCC1. The van der Waals surface area contributed by atoms with Gasteiger partial charge in [0.05, 0.1) is 18.2 Å². The van der Waals surface area contributed by atoms with Crippen LogP contribution in [-0.2, 0) is 0 Å². The first kappa shape index (κ1) is 14.1. The van der Waals surface area contributed by atoms with Crippen molar-refractivity contribution in [2.75, 3.05) is 6.54 Å². The zero-order valence-electron chi connectivity index (χ0n) is 12.3. The zero-order chi connectivity index (χ0) is 14.7. The van der Waals surface area contributed by atoms with Gasteiger partial charge >= 0.3 is 0 Å². The summed E-state index contributed by atoms with van der Waals surface area (Å²) in [5.41, 5.74) is 0.127. The molecule has 1 heterocycles. The highest BCUT2D eigenvalue weighted by atomic mass is 15.0. The Balaban J connectivity index is 1.94. The first-order chi connectivity index (χ1) is 10.3. The third-order valence-corrected chi connectivity index (χ3v) is 5.30. The van der Waals surface area contributed by atoms with Gasteiger partial charge in [-0.1, -0.05) is 62.4 Å². The van der Waals surface area contributed by atoms with E-state index in [0.29, 0.717) is 5.92 Å². The Kier molecular flexibility index (Phi) is 3.95. The number of nitriles is 2. The molecule has 0 aromatic heterocycles. The first-order valence-corrected chi connectivity index (χ1v) is 7.92. The van der Waals surface area contributed by atoms with Crippen LogP contribution in [0.15, 0.2) is 30.3 Å². The van der Waals surface area contributed by atoms with E-state index in [2.05, 4.69) is 17.5 Å². The maximum absolute atomic E-state index is 9.84. The molecule has 1 aromatic carbocycles. The molecule has 3 heteroatoms. The highest BCUT2D eigenvalue weighted by molar-refractivity contribution is 5.34. The monoisotopic (exact) mass is 279 g/mol. The molecule has 108 valence electrons. The minimum absolute atomic E-state index is 0.151. The third kappa shape index (κ3) is 2.33. The summed E-state index contributed by atoms with van der Waals surface area (Å²) >= 11 is 0. The van der Waals surface area contributed by atoms with Crippen LogP contribution in [0.3, 0.4) is 0 Å². The van der Waals surface area contributed by atoms with Gasteiger partial charge in [-0.3, -0.25) is 0 Å². The van der Waals surface area contributed by atoms with Gasteiger partial charge in [0.25, 0.3) is 0 Å². The van der Waals surface area contributed by atoms with E-state index in [9.17, 15) is 10.5 Å². The minimum atomic E-state index is -0.927. The maximum Gasteiger partial charge on any atom is 0.167 e. The molecule has 0 radical (unpaired) electrons. The molecule has 2 unspecified atom stereocenters. The van der Waals surface area contributed by atoms with Crippen molar-refractivity contribution < 1.29 is 0 Å². The van der Waals surface area contributed by atoms with Gasteiger partial charge in [0.15, 0.2) is 5.41 Å². The summed E-state index contributed by atoms with van der Waals surface area (Å²) in [6, 6.07) is 14.6. The van der Waals surface area contributed by atoms with Gasteiger partial charge in [-0.15, -0.1) is 0 Å². The summed E-state index contributed by atoms with van der Waals surface area (Å²) in [6.45, 7) is 0.783. The lowest BCUT2D eigenvalue weighted by Gasteiger charge is -2.34. The fraction of sp³-hybridized carbons (Fsp3) is 0.556. The molecule has 0 bridgehead atoms. The van der Waals surface area contributed by atoms with Crippen molar-refractivity contribution in [3.8, 4) is 12.1 Å². The average molecular weight is 279 g/mol. The second kappa shape index (κ2) is 5.88. The quantitative estimate of drug-likeness (QED) is 0.900. The van der Waals surface area contributed by atoms with Gasteiger partial charge in [0.2, 0.25) is 0 Å². The van der Waals surface area contributed by atoms with Crippen molar-refractivity contribution in [1.29, 1.82) is 10.5 Å². The number of benzene rings is 1. The Morgan fingerprint density at radius 3 is 2.29 bits per heavy atom. The van der Waals surface area contributed by atoms with Crippen LogP contribution in [0.1, 0.15) is 43.7 Å². The maximum atomic E-state index is 9.84. The smallest absolute Gasteiger partial charge is 0.167 e. The number of rotatable bonds is 2. The van der Waals surface area contributed by atoms with Gasteiger partial charge in [-0.05, 0) is 11.5 Å². The predicted octanol–water partition coefficient (Wildman–Crippen LogP) is 3.56. The van der Waals surface area contributed by atoms with E-state index in [0.717, 1.165) is 12.1 Å². The number of nitrogens with zero attached hydrogens (tertiary/aromatic N) is 2. The third-order valence-electron chi connectivity index (χ3n) is 5.30. The molecule has 0 amide bonds. The van der Waals surface area contributed by atoms with E-state index < -0.39 is 5.41 Å². The van der Waals surface area contributed by atoms with E-state index in [1.807, 2.05) is 30.3 Å². The van der Waals surface area contributed by atoms with Crippen LogP contribution in [-0.4, -0.2) is 6.54 Å². The number of hydrogen-bond donors (Lipinski definition) is 1. The topological polar surface area (TPSA) is 59.6 Å². The molecule has 1 aliphatic carbocycles. The normalized spacial score (nSPS) is 28.7. The van der Waals surface area contributed by atoms with E-state index in [4.69, 9.17) is 0 Å². The molecule has 3 rings (SSSR count). The second-order valence-electron chi connectivity index (χ2n) is 6.35. The van der Waals surface area contributed by atoms with Crippen LogP contribution in [0.25, 0.3) is 0 Å². The Labute approximate surface area is 126 Å². The predicted molar refractivity (Wildman–Crippen MR) is 80.9 cm³/mol. The molecule has 2 fully saturated rings. The fourth-order valence-electron chi connectivity index (χ4n) is 4.20. The van der Waals surface area contributed by atoms with Gasteiger partial charge in [-0.2, -0.15) is 10.5 Å². The van der Waals surface area contributed by atoms with Gasteiger partial charge in [-0.25, -0.2) is 0 Å². The van der Waals surface area contributed by atoms with Crippen LogP contribution in [0.2, 0.25) is 0 Å². The average Bonchev–Trinajstić information content (AvgIpc) is 2.96. The highest BCUT2D eigenvalue weighted by Crippen LogP contribution is 2.50. The molecule has 2 aliphatic rings. The molecule has 1 saturated carbocycles. The van der Waals surface area contributed by atoms with Crippen molar-refractivity contribution in [3.05, 3.63) is 35.9 Å². The largest absolute Gasteiger partial charge is 0.307 e. The van der Waals surface area contributed by atoms with Crippen LogP contribution in [0, 0.1) is 39.9 Å². The Bertz CT molecular complexity index is 546. The summed E-state index contributed by atoms with van der Waals surface area (Å²) in [7, 11) is 0. The van der Waals surface area contributed by atoms with Crippen LogP contribution < -0.4 is 5.32 Å². The highest BCUT2D eigenvalue weighted by Gasteiger charge is 2.54. The summed E-state index contributed by atoms with van der Waals surface area (Å²) < 4.78 is 0. The first-order valence-electron chi connectivity index (χ1n) is 7.92. The molecular weight excluding hydrogens is 258 g/mol. The van der Waals surface area contributed by atoms with Crippen molar-refractivity contribution in [2.45, 2.75) is 38.1 Å². The summed E-state index contributed by atoms with van der Waals surface area (Å²) in [5, 5.41) is 23.1. The molecule has 1 aromatic rings. The standard InChI is InChI=1S/C18H21N3/c19-12-18(13-20)16(14-7-3-1-4-8-14)11-21-17(18)15-9-5-2-6-10-15/h2,5-6,9-10,14,16-17,21H,1,3-4,7-8,11H2. The molecule has 1 aliphatic heterocycles. The zero-order valence-corrected chi connectivity index (χ0v) is 12.3. The second-order valence-corrected chi connectivity index (χ2v) is 6.35. The van der Waals surface area contributed by atoms with Crippen LogP contribution >= 0.6 is 0 Å². The van der Waals surface area contributed by atoms with Gasteiger partial charge < -0.3 is 5.32 Å². The van der Waals surface area contributed by atoms with E-state index in [-0.39, 0.29) is 12.0 Å². The molecule has 3 nitrogen and oxygen atoms in total.